The molecule has 6 nitrogen and oxygen atoms in total. The number of carbonyl (C=O) groups is 1. The van der Waals surface area contributed by atoms with Crippen LogP contribution in [0.2, 0.25) is 0 Å². The Morgan fingerprint density at radius 3 is 2.38 bits per heavy atom. The van der Waals surface area contributed by atoms with Crippen molar-refractivity contribution in [3.63, 3.8) is 0 Å². The van der Waals surface area contributed by atoms with Crippen LogP contribution in [0.25, 0.3) is 0 Å². The highest BCUT2D eigenvalue weighted by atomic mass is 32.2. The lowest BCUT2D eigenvalue weighted by Crippen LogP contribution is -2.25. The number of aromatic amines is 1. The van der Waals surface area contributed by atoms with Crippen molar-refractivity contribution in [2.75, 3.05) is 6.54 Å². The monoisotopic (exact) mass is 316 g/mol. The predicted molar refractivity (Wildman–Crippen MR) is 81.1 cm³/mol. The van der Waals surface area contributed by atoms with E-state index < -0.39 is 16.0 Å². The van der Waals surface area contributed by atoms with Gasteiger partial charge in [0, 0.05) is 17.8 Å². The molecule has 7 heteroatoms. The van der Waals surface area contributed by atoms with Gasteiger partial charge in [-0.15, -0.1) is 0 Å². The van der Waals surface area contributed by atoms with Crippen molar-refractivity contribution >= 4 is 16.0 Å². The Bertz CT molecular complexity index is 603. The fourth-order valence-electron chi connectivity index (χ4n) is 2.31. The van der Waals surface area contributed by atoms with Crippen molar-refractivity contribution < 1.29 is 18.3 Å². The number of nitrogens with one attached hydrogen (secondary N) is 2. The maximum Gasteiger partial charge on any atom is 0.352 e. The molecule has 1 aromatic heterocycles. The van der Waals surface area contributed by atoms with Gasteiger partial charge in [-0.1, -0.05) is 26.7 Å². The van der Waals surface area contributed by atoms with Crippen LogP contribution in [-0.2, 0) is 10.0 Å². The molecule has 0 spiro atoms. The Balaban J connectivity index is 2.77. The van der Waals surface area contributed by atoms with Crippen molar-refractivity contribution in [2.24, 2.45) is 5.92 Å². The zero-order valence-corrected chi connectivity index (χ0v) is 13.8. The van der Waals surface area contributed by atoms with Crippen LogP contribution in [0.15, 0.2) is 4.90 Å². The second-order valence-corrected chi connectivity index (χ2v) is 7.38. The average Bonchev–Trinajstić information content (AvgIpc) is 2.64. The van der Waals surface area contributed by atoms with Crippen LogP contribution in [0, 0.1) is 19.8 Å². The SMILES string of the molecule is Cc1[nH]c(C(=O)O)c(C)c1S(=O)(=O)NCCCCC(C)C. The second kappa shape index (κ2) is 7.09. The van der Waals surface area contributed by atoms with Crippen LogP contribution in [0.3, 0.4) is 0 Å². The van der Waals surface area contributed by atoms with Crippen molar-refractivity contribution in [3.05, 3.63) is 17.0 Å². The Hall–Kier alpha value is -1.34. The number of aromatic nitrogens is 1. The highest BCUT2D eigenvalue weighted by molar-refractivity contribution is 7.89. The van der Waals surface area contributed by atoms with E-state index in [1.54, 1.807) is 6.92 Å². The van der Waals surface area contributed by atoms with Gasteiger partial charge in [-0.3, -0.25) is 0 Å². The normalized spacial score (nSPS) is 12.0. The number of H-pyrrole nitrogens is 1. The molecule has 1 rings (SSSR count). The first-order valence-electron chi connectivity index (χ1n) is 7.09. The number of carboxylic acid groups (broad SMARTS) is 1. The fourth-order valence-corrected chi connectivity index (χ4v) is 3.82. The highest BCUT2D eigenvalue weighted by Gasteiger charge is 2.25. The van der Waals surface area contributed by atoms with Gasteiger partial charge in [0.15, 0.2) is 0 Å². The summed E-state index contributed by atoms with van der Waals surface area (Å²) in [5.41, 5.74) is 0.516. The van der Waals surface area contributed by atoms with Gasteiger partial charge >= 0.3 is 5.97 Å². The van der Waals surface area contributed by atoms with E-state index >= 15 is 0 Å². The molecular formula is C14H24N2O4S. The van der Waals surface area contributed by atoms with E-state index in [0.717, 1.165) is 19.3 Å². The molecule has 0 aliphatic heterocycles. The number of aromatic carboxylic acids is 1. The molecule has 0 fully saturated rings. The minimum absolute atomic E-state index is 0.0451. The van der Waals surface area contributed by atoms with Crippen LogP contribution in [-0.4, -0.2) is 31.0 Å². The van der Waals surface area contributed by atoms with E-state index in [9.17, 15) is 13.2 Å². The minimum atomic E-state index is -3.68. The molecule has 120 valence electrons. The summed E-state index contributed by atoms with van der Waals surface area (Å²) < 4.78 is 27.1. The number of rotatable bonds is 8. The summed E-state index contributed by atoms with van der Waals surface area (Å²) >= 11 is 0. The largest absolute Gasteiger partial charge is 0.477 e. The van der Waals surface area contributed by atoms with Crippen LogP contribution in [0.1, 0.15) is 54.9 Å². The molecule has 3 N–H and O–H groups in total. The topological polar surface area (TPSA) is 99.3 Å². The summed E-state index contributed by atoms with van der Waals surface area (Å²) in [4.78, 5) is 13.7. The summed E-state index contributed by atoms with van der Waals surface area (Å²) in [5, 5.41) is 9.02. The Kier molecular flexibility index (Phi) is 5.98. The van der Waals surface area contributed by atoms with E-state index in [1.165, 1.54) is 6.92 Å². The number of unbranched alkanes of at least 4 members (excludes halogenated alkanes) is 1. The molecule has 0 amide bonds. The summed E-state index contributed by atoms with van der Waals surface area (Å²) in [7, 11) is -3.68. The van der Waals surface area contributed by atoms with Crippen LogP contribution in [0.5, 0.6) is 0 Å². The Labute approximate surface area is 126 Å². The van der Waals surface area contributed by atoms with Crippen LogP contribution >= 0.6 is 0 Å². The maximum absolute atomic E-state index is 12.3. The van der Waals surface area contributed by atoms with E-state index in [-0.39, 0.29) is 16.2 Å². The van der Waals surface area contributed by atoms with Gasteiger partial charge in [0.1, 0.15) is 10.6 Å². The van der Waals surface area contributed by atoms with Crippen LogP contribution < -0.4 is 4.72 Å². The van der Waals surface area contributed by atoms with Crippen molar-refractivity contribution in [1.29, 1.82) is 0 Å². The number of hydrogen-bond acceptors (Lipinski definition) is 3. The molecule has 0 radical (unpaired) electrons. The zero-order chi connectivity index (χ0) is 16.2. The zero-order valence-electron chi connectivity index (χ0n) is 13.0. The molecule has 0 unspecified atom stereocenters. The first-order valence-corrected chi connectivity index (χ1v) is 8.57. The van der Waals surface area contributed by atoms with Crippen molar-refractivity contribution in [2.45, 2.75) is 51.9 Å². The molecule has 1 heterocycles. The third kappa shape index (κ3) is 4.57. The summed E-state index contributed by atoms with van der Waals surface area (Å²) in [6.45, 7) is 7.68. The third-order valence-corrected chi connectivity index (χ3v) is 5.09. The first kappa shape index (κ1) is 17.7. The summed E-state index contributed by atoms with van der Waals surface area (Å²) in [5.74, 6) is -0.553. The number of sulfonamides is 1. The van der Waals surface area contributed by atoms with Gasteiger partial charge in [0.2, 0.25) is 10.0 Å². The lowest BCUT2D eigenvalue weighted by atomic mass is 10.1. The Morgan fingerprint density at radius 2 is 1.90 bits per heavy atom. The third-order valence-electron chi connectivity index (χ3n) is 3.35. The van der Waals surface area contributed by atoms with E-state index in [4.69, 9.17) is 5.11 Å². The molecule has 1 aromatic rings. The molecule has 0 atom stereocenters. The van der Waals surface area contributed by atoms with Gasteiger partial charge < -0.3 is 10.1 Å². The smallest absolute Gasteiger partial charge is 0.352 e. The average molecular weight is 316 g/mol. The highest BCUT2D eigenvalue weighted by Crippen LogP contribution is 2.23. The first-order chi connectivity index (χ1) is 9.66. The molecule has 0 saturated carbocycles. The maximum atomic E-state index is 12.3. The van der Waals surface area contributed by atoms with Gasteiger partial charge in [-0.25, -0.2) is 17.9 Å². The molecule has 0 aliphatic carbocycles. The molecule has 0 saturated heterocycles. The van der Waals surface area contributed by atoms with E-state index in [0.29, 0.717) is 18.2 Å². The van der Waals surface area contributed by atoms with E-state index in [2.05, 4.69) is 23.6 Å². The number of hydrogen-bond donors (Lipinski definition) is 3. The van der Waals surface area contributed by atoms with Gasteiger partial charge in [-0.05, 0) is 26.2 Å². The standard InChI is InChI=1S/C14H24N2O4S/c1-9(2)7-5-6-8-15-21(19,20)13-10(3)12(14(17)18)16-11(13)4/h9,15-16H,5-8H2,1-4H3,(H,17,18). The van der Waals surface area contributed by atoms with Crippen molar-refractivity contribution in [1.82, 2.24) is 9.71 Å². The Morgan fingerprint density at radius 1 is 1.29 bits per heavy atom. The summed E-state index contributed by atoms with van der Waals surface area (Å²) in [6, 6.07) is 0. The molecule has 0 aromatic carbocycles. The van der Waals surface area contributed by atoms with Gasteiger partial charge in [0.05, 0.1) is 0 Å². The van der Waals surface area contributed by atoms with Gasteiger partial charge in [-0.2, -0.15) is 0 Å². The fraction of sp³-hybridized carbons (Fsp3) is 0.643. The number of aryl methyl sites for hydroxylation is 1. The molecule has 0 bridgehead atoms. The second-order valence-electron chi connectivity index (χ2n) is 5.67. The lowest BCUT2D eigenvalue weighted by Gasteiger charge is -2.08. The molecule has 21 heavy (non-hydrogen) atoms. The quantitative estimate of drug-likeness (QED) is 0.641. The summed E-state index contributed by atoms with van der Waals surface area (Å²) in [6.07, 6.45) is 2.80. The lowest BCUT2D eigenvalue weighted by molar-refractivity contribution is 0.0690. The molecular weight excluding hydrogens is 292 g/mol. The minimum Gasteiger partial charge on any atom is -0.477 e. The van der Waals surface area contributed by atoms with E-state index in [1.807, 2.05) is 0 Å². The molecule has 0 aliphatic rings. The number of carboxylic acids is 1. The van der Waals surface area contributed by atoms with Crippen LogP contribution in [0.4, 0.5) is 0 Å². The van der Waals surface area contributed by atoms with Crippen molar-refractivity contribution in [3.8, 4) is 0 Å². The predicted octanol–water partition coefficient (Wildman–Crippen LogP) is 2.43. The van der Waals surface area contributed by atoms with Gasteiger partial charge in [0.25, 0.3) is 0 Å².